The maximum absolute atomic E-state index is 12.1. The van der Waals surface area contributed by atoms with Crippen molar-refractivity contribution in [3.63, 3.8) is 0 Å². The van der Waals surface area contributed by atoms with Gasteiger partial charge in [0.2, 0.25) is 5.91 Å². The standard InChI is InChI=1S/C18H29N3O2.ClH/c1-13(12-19)21(5)16(22)10-11-20-17(23)14-6-8-15(9-7-14)18(2,3)4;/h6-9,13H,10-12,19H2,1-5H3,(H,20,23);1H. The highest BCUT2D eigenvalue weighted by Gasteiger charge is 2.16. The molecule has 1 unspecified atom stereocenters. The summed E-state index contributed by atoms with van der Waals surface area (Å²) < 4.78 is 0. The van der Waals surface area contributed by atoms with Gasteiger partial charge >= 0.3 is 0 Å². The molecule has 136 valence electrons. The van der Waals surface area contributed by atoms with Crippen molar-refractivity contribution in [3.8, 4) is 0 Å². The van der Waals surface area contributed by atoms with Crippen LogP contribution in [0, 0.1) is 0 Å². The summed E-state index contributed by atoms with van der Waals surface area (Å²) in [4.78, 5) is 25.6. The first-order valence-corrected chi connectivity index (χ1v) is 8.01. The first-order chi connectivity index (χ1) is 10.7. The van der Waals surface area contributed by atoms with Crippen LogP contribution < -0.4 is 11.1 Å². The van der Waals surface area contributed by atoms with Gasteiger partial charge in [0.05, 0.1) is 0 Å². The fourth-order valence-electron chi connectivity index (χ4n) is 2.09. The zero-order valence-electron chi connectivity index (χ0n) is 15.3. The number of carbonyl (C=O) groups excluding carboxylic acids is 2. The van der Waals surface area contributed by atoms with E-state index in [9.17, 15) is 9.59 Å². The maximum Gasteiger partial charge on any atom is 0.251 e. The lowest BCUT2D eigenvalue weighted by Crippen LogP contribution is -2.41. The van der Waals surface area contributed by atoms with Gasteiger partial charge < -0.3 is 16.0 Å². The van der Waals surface area contributed by atoms with Crippen molar-refractivity contribution < 1.29 is 9.59 Å². The van der Waals surface area contributed by atoms with E-state index in [4.69, 9.17) is 5.73 Å². The third-order valence-electron chi connectivity index (χ3n) is 4.03. The molecule has 0 bridgehead atoms. The monoisotopic (exact) mass is 355 g/mol. The first kappa shape index (κ1) is 22.4. The van der Waals surface area contributed by atoms with Gasteiger partial charge in [-0.15, -0.1) is 12.4 Å². The van der Waals surface area contributed by atoms with Crippen LogP contribution >= 0.6 is 12.4 Å². The molecule has 0 radical (unpaired) electrons. The fourth-order valence-corrected chi connectivity index (χ4v) is 2.09. The summed E-state index contributed by atoms with van der Waals surface area (Å²) in [7, 11) is 1.73. The molecule has 0 spiro atoms. The van der Waals surface area contributed by atoms with Gasteiger partial charge in [0.25, 0.3) is 5.91 Å². The maximum atomic E-state index is 12.1. The molecule has 6 heteroatoms. The summed E-state index contributed by atoms with van der Waals surface area (Å²) in [5.41, 5.74) is 7.39. The molecular formula is C18H30ClN3O2. The number of carbonyl (C=O) groups is 2. The van der Waals surface area contributed by atoms with Crippen LogP contribution in [-0.2, 0) is 10.2 Å². The summed E-state index contributed by atoms with van der Waals surface area (Å²) >= 11 is 0. The number of halogens is 1. The Bertz CT molecular complexity index is 538. The Hall–Kier alpha value is -1.59. The molecule has 1 atom stereocenters. The van der Waals surface area contributed by atoms with Crippen LogP contribution in [0.3, 0.4) is 0 Å². The summed E-state index contributed by atoms with van der Waals surface area (Å²) in [6.45, 7) is 9.04. The van der Waals surface area contributed by atoms with Crippen molar-refractivity contribution in [3.05, 3.63) is 35.4 Å². The molecule has 0 aromatic heterocycles. The summed E-state index contributed by atoms with van der Waals surface area (Å²) in [5.74, 6) is -0.181. The Balaban J connectivity index is 0.00000529. The molecule has 1 aromatic rings. The van der Waals surface area contributed by atoms with Gasteiger partial charge in [0.15, 0.2) is 0 Å². The van der Waals surface area contributed by atoms with Crippen molar-refractivity contribution in [1.82, 2.24) is 10.2 Å². The lowest BCUT2D eigenvalue weighted by atomic mass is 9.87. The van der Waals surface area contributed by atoms with E-state index in [0.717, 1.165) is 0 Å². The summed E-state index contributed by atoms with van der Waals surface area (Å²) in [6, 6.07) is 7.58. The Morgan fingerprint density at radius 3 is 2.21 bits per heavy atom. The molecular weight excluding hydrogens is 326 g/mol. The molecule has 3 N–H and O–H groups in total. The van der Waals surface area contributed by atoms with Gasteiger partial charge in [-0.25, -0.2) is 0 Å². The van der Waals surface area contributed by atoms with Crippen LogP contribution in [-0.4, -0.2) is 42.9 Å². The Kier molecular flexibility index (Phi) is 9.01. The molecule has 2 amide bonds. The first-order valence-electron chi connectivity index (χ1n) is 8.01. The van der Waals surface area contributed by atoms with Crippen molar-refractivity contribution in [2.24, 2.45) is 5.73 Å². The highest BCUT2D eigenvalue weighted by Crippen LogP contribution is 2.22. The van der Waals surface area contributed by atoms with E-state index in [1.165, 1.54) is 5.56 Å². The number of nitrogens with zero attached hydrogens (tertiary/aromatic N) is 1. The van der Waals surface area contributed by atoms with Gasteiger partial charge in [0.1, 0.15) is 0 Å². The van der Waals surface area contributed by atoms with Gasteiger partial charge in [-0.2, -0.15) is 0 Å². The minimum absolute atomic E-state index is 0. The topological polar surface area (TPSA) is 75.4 Å². The van der Waals surface area contributed by atoms with Gasteiger partial charge in [-0.05, 0) is 30.0 Å². The van der Waals surface area contributed by atoms with E-state index >= 15 is 0 Å². The zero-order chi connectivity index (χ0) is 17.6. The van der Waals surface area contributed by atoms with E-state index < -0.39 is 0 Å². The van der Waals surface area contributed by atoms with Crippen molar-refractivity contribution in [1.29, 1.82) is 0 Å². The van der Waals surface area contributed by atoms with Crippen molar-refractivity contribution in [2.45, 2.75) is 45.6 Å². The zero-order valence-corrected chi connectivity index (χ0v) is 16.1. The van der Waals surface area contributed by atoms with E-state index in [-0.39, 0.29) is 42.1 Å². The average Bonchev–Trinajstić information content (AvgIpc) is 2.52. The molecule has 0 fully saturated rings. The largest absolute Gasteiger partial charge is 0.352 e. The van der Waals surface area contributed by atoms with Crippen molar-refractivity contribution in [2.75, 3.05) is 20.1 Å². The summed E-state index contributed by atoms with van der Waals surface area (Å²) in [5, 5.41) is 2.78. The molecule has 0 aliphatic carbocycles. The number of benzene rings is 1. The lowest BCUT2D eigenvalue weighted by molar-refractivity contribution is -0.131. The van der Waals surface area contributed by atoms with E-state index in [1.54, 1.807) is 11.9 Å². The van der Waals surface area contributed by atoms with Gasteiger partial charge in [-0.1, -0.05) is 32.9 Å². The molecule has 24 heavy (non-hydrogen) atoms. The van der Waals surface area contributed by atoms with Crippen LogP contribution in [0.15, 0.2) is 24.3 Å². The predicted molar refractivity (Wildman–Crippen MR) is 101 cm³/mol. The number of likely N-dealkylation sites (N-methyl/N-ethyl adjacent to an activating group) is 1. The van der Waals surface area contributed by atoms with Gasteiger partial charge in [0, 0.05) is 38.2 Å². The minimum atomic E-state index is -0.159. The molecule has 0 heterocycles. The average molecular weight is 356 g/mol. The Morgan fingerprint density at radius 1 is 1.21 bits per heavy atom. The number of amides is 2. The number of nitrogens with two attached hydrogens (primary N) is 1. The van der Waals surface area contributed by atoms with Crippen LogP contribution in [0.4, 0.5) is 0 Å². The van der Waals surface area contributed by atoms with Gasteiger partial charge in [-0.3, -0.25) is 9.59 Å². The second-order valence-electron chi connectivity index (χ2n) is 6.92. The predicted octanol–water partition coefficient (Wildman–Crippen LogP) is 2.33. The second-order valence-corrected chi connectivity index (χ2v) is 6.92. The molecule has 0 saturated heterocycles. The van der Waals surface area contributed by atoms with Crippen LogP contribution in [0.1, 0.15) is 50.0 Å². The van der Waals surface area contributed by atoms with E-state index in [0.29, 0.717) is 18.7 Å². The highest BCUT2D eigenvalue weighted by atomic mass is 35.5. The lowest BCUT2D eigenvalue weighted by Gasteiger charge is -2.23. The fraction of sp³-hybridized carbons (Fsp3) is 0.556. The van der Waals surface area contributed by atoms with Crippen LogP contribution in [0.25, 0.3) is 0 Å². The number of nitrogens with one attached hydrogen (secondary N) is 1. The van der Waals surface area contributed by atoms with Crippen LogP contribution in [0.2, 0.25) is 0 Å². The molecule has 1 rings (SSSR count). The smallest absolute Gasteiger partial charge is 0.251 e. The molecule has 5 nitrogen and oxygen atoms in total. The Morgan fingerprint density at radius 2 is 1.75 bits per heavy atom. The van der Waals surface area contributed by atoms with E-state index in [1.807, 2.05) is 31.2 Å². The third-order valence-corrected chi connectivity index (χ3v) is 4.03. The molecule has 0 aliphatic heterocycles. The summed E-state index contributed by atoms with van der Waals surface area (Å²) in [6.07, 6.45) is 0.270. The third kappa shape index (κ3) is 6.49. The van der Waals surface area contributed by atoms with Crippen LogP contribution in [0.5, 0.6) is 0 Å². The normalized spacial score (nSPS) is 12.1. The van der Waals surface area contributed by atoms with Crippen molar-refractivity contribution >= 4 is 24.2 Å². The molecule has 1 aromatic carbocycles. The second kappa shape index (κ2) is 9.64. The SMILES string of the molecule is CC(CN)N(C)C(=O)CCNC(=O)c1ccc(C(C)(C)C)cc1.Cl. The number of hydrogen-bond acceptors (Lipinski definition) is 3. The number of hydrogen-bond donors (Lipinski definition) is 2. The molecule has 0 aliphatic rings. The quantitative estimate of drug-likeness (QED) is 0.822. The Labute approximate surface area is 151 Å². The number of rotatable bonds is 6. The molecule has 0 saturated carbocycles. The minimum Gasteiger partial charge on any atom is -0.352 e. The highest BCUT2D eigenvalue weighted by molar-refractivity contribution is 5.94. The van der Waals surface area contributed by atoms with E-state index in [2.05, 4.69) is 26.1 Å².